The first-order valence-electron chi connectivity index (χ1n) is 7.11. The van der Waals surface area contributed by atoms with Crippen LogP contribution in [0.5, 0.6) is 0 Å². The van der Waals surface area contributed by atoms with Crippen LogP contribution in [-0.4, -0.2) is 18.6 Å². The van der Waals surface area contributed by atoms with Gasteiger partial charge in [-0.3, -0.25) is 0 Å². The Kier molecular flexibility index (Phi) is 4.61. The van der Waals surface area contributed by atoms with E-state index in [0.717, 1.165) is 36.5 Å². The summed E-state index contributed by atoms with van der Waals surface area (Å²) in [6.07, 6.45) is 3.84. The molecule has 0 saturated heterocycles. The number of likely N-dealkylation sites (N-methyl/N-ethyl adjacent to an activating group) is 1. The minimum Gasteiger partial charge on any atom is -0.397 e. The van der Waals surface area contributed by atoms with E-state index >= 15 is 0 Å². The molecule has 0 spiro atoms. The van der Waals surface area contributed by atoms with Gasteiger partial charge in [0.15, 0.2) is 0 Å². The number of aromatic nitrogens is 1. The van der Waals surface area contributed by atoms with Gasteiger partial charge in [0.25, 0.3) is 0 Å². The Morgan fingerprint density at radius 3 is 2.40 bits per heavy atom. The number of benzene rings is 1. The largest absolute Gasteiger partial charge is 0.397 e. The molecular weight excluding hydrogens is 246 g/mol. The molecule has 0 aliphatic rings. The van der Waals surface area contributed by atoms with Crippen LogP contribution in [0, 0.1) is 6.92 Å². The molecule has 0 radical (unpaired) electrons. The highest BCUT2D eigenvalue weighted by atomic mass is 15.2. The maximum Gasteiger partial charge on any atom is 0.128 e. The maximum absolute atomic E-state index is 5.80. The minimum atomic E-state index is 0.748. The van der Waals surface area contributed by atoms with E-state index in [0.29, 0.717) is 0 Å². The molecular formula is C17H23N3. The van der Waals surface area contributed by atoms with Crippen molar-refractivity contribution in [2.45, 2.75) is 26.7 Å². The normalized spacial score (nSPS) is 10.6. The average molecular weight is 269 g/mol. The fraction of sp³-hybridized carbons (Fsp3) is 0.353. The van der Waals surface area contributed by atoms with E-state index in [-0.39, 0.29) is 0 Å². The van der Waals surface area contributed by atoms with Crippen LogP contribution in [-0.2, 0) is 12.8 Å². The second-order valence-corrected chi connectivity index (χ2v) is 5.24. The van der Waals surface area contributed by atoms with E-state index in [1.165, 1.54) is 11.1 Å². The fourth-order valence-electron chi connectivity index (χ4n) is 2.11. The SMILES string of the molecule is CCc1ccc(CCN(C)c2cc(C)c(N)cn2)cc1. The second kappa shape index (κ2) is 6.42. The molecule has 2 aromatic rings. The van der Waals surface area contributed by atoms with E-state index in [1.54, 1.807) is 6.20 Å². The first-order chi connectivity index (χ1) is 9.60. The number of rotatable bonds is 5. The van der Waals surface area contributed by atoms with Crippen LogP contribution in [0.1, 0.15) is 23.6 Å². The summed E-state index contributed by atoms with van der Waals surface area (Å²) in [4.78, 5) is 6.55. The molecule has 1 aromatic heterocycles. The molecule has 2 N–H and O–H groups in total. The third-order valence-corrected chi connectivity index (χ3v) is 3.70. The zero-order valence-corrected chi connectivity index (χ0v) is 12.6. The van der Waals surface area contributed by atoms with E-state index in [1.807, 2.05) is 13.0 Å². The Morgan fingerprint density at radius 1 is 1.15 bits per heavy atom. The van der Waals surface area contributed by atoms with Crippen LogP contribution >= 0.6 is 0 Å². The zero-order chi connectivity index (χ0) is 14.5. The Labute approximate surface area is 121 Å². The van der Waals surface area contributed by atoms with Crippen molar-refractivity contribution in [2.75, 3.05) is 24.2 Å². The van der Waals surface area contributed by atoms with Crippen LogP contribution in [0.2, 0.25) is 0 Å². The molecule has 1 heterocycles. The molecule has 0 saturated carbocycles. The van der Waals surface area contributed by atoms with E-state index in [2.05, 4.69) is 48.1 Å². The first-order valence-corrected chi connectivity index (χ1v) is 7.11. The van der Waals surface area contributed by atoms with Gasteiger partial charge in [-0.2, -0.15) is 0 Å². The number of nitrogen functional groups attached to an aromatic ring is 1. The van der Waals surface area contributed by atoms with Gasteiger partial charge in [0.05, 0.1) is 11.9 Å². The number of nitrogens with two attached hydrogens (primary N) is 1. The van der Waals surface area contributed by atoms with Crippen molar-refractivity contribution in [3.05, 3.63) is 53.2 Å². The summed E-state index contributed by atoms with van der Waals surface area (Å²) in [7, 11) is 2.07. The van der Waals surface area contributed by atoms with Gasteiger partial charge in [-0.05, 0) is 42.5 Å². The third-order valence-electron chi connectivity index (χ3n) is 3.70. The number of aryl methyl sites for hydroxylation is 2. The third kappa shape index (κ3) is 3.50. The highest BCUT2D eigenvalue weighted by Gasteiger charge is 2.04. The Balaban J connectivity index is 1.96. The molecule has 0 amide bonds. The van der Waals surface area contributed by atoms with E-state index in [9.17, 15) is 0 Å². The molecule has 0 aliphatic heterocycles. The Hall–Kier alpha value is -2.03. The van der Waals surface area contributed by atoms with Crippen LogP contribution in [0.15, 0.2) is 36.5 Å². The minimum absolute atomic E-state index is 0.748. The zero-order valence-electron chi connectivity index (χ0n) is 12.6. The maximum atomic E-state index is 5.80. The average Bonchev–Trinajstić information content (AvgIpc) is 2.48. The summed E-state index contributed by atoms with van der Waals surface area (Å²) < 4.78 is 0. The summed E-state index contributed by atoms with van der Waals surface area (Å²) in [6, 6.07) is 10.9. The highest BCUT2D eigenvalue weighted by molar-refractivity contribution is 5.51. The smallest absolute Gasteiger partial charge is 0.128 e. The van der Waals surface area contributed by atoms with Crippen molar-refractivity contribution < 1.29 is 0 Å². The van der Waals surface area contributed by atoms with Crippen LogP contribution in [0.25, 0.3) is 0 Å². The fourth-order valence-corrected chi connectivity index (χ4v) is 2.11. The lowest BCUT2D eigenvalue weighted by atomic mass is 10.1. The van der Waals surface area contributed by atoms with Crippen LogP contribution in [0.3, 0.4) is 0 Å². The van der Waals surface area contributed by atoms with Gasteiger partial charge in [-0.25, -0.2) is 4.98 Å². The van der Waals surface area contributed by atoms with Gasteiger partial charge >= 0.3 is 0 Å². The van der Waals surface area contributed by atoms with Gasteiger partial charge in [0.2, 0.25) is 0 Å². The topological polar surface area (TPSA) is 42.1 Å². The first kappa shape index (κ1) is 14.4. The summed E-state index contributed by atoms with van der Waals surface area (Å²) >= 11 is 0. The molecule has 1 aromatic carbocycles. The van der Waals surface area contributed by atoms with Crippen molar-refractivity contribution in [1.29, 1.82) is 0 Å². The van der Waals surface area contributed by atoms with Crippen molar-refractivity contribution >= 4 is 11.5 Å². The molecule has 2 rings (SSSR count). The number of nitrogens with zero attached hydrogens (tertiary/aromatic N) is 2. The Bertz CT molecular complexity index is 561. The molecule has 0 aliphatic carbocycles. The molecule has 106 valence electrons. The highest BCUT2D eigenvalue weighted by Crippen LogP contribution is 2.16. The predicted molar refractivity (Wildman–Crippen MR) is 86.2 cm³/mol. The van der Waals surface area contributed by atoms with Crippen molar-refractivity contribution in [3.63, 3.8) is 0 Å². The molecule has 3 nitrogen and oxygen atoms in total. The summed E-state index contributed by atoms with van der Waals surface area (Å²) in [5.74, 6) is 0.974. The van der Waals surface area contributed by atoms with Crippen molar-refractivity contribution in [2.24, 2.45) is 0 Å². The second-order valence-electron chi connectivity index (χ2n) is 5.24. The molecule has 0 atom stereocenters. The van der Waals surface area contributed by atoms with Gasteiger partial charge in [0, 0.05) is 13.6 Å². The molecule has 3 heteroatoms. The lowest BCUT2D eigenvalue weighted by Gasteiger charge is -2.19. The van der Waals surface area contributed by atoms with Crippen molar-refractivity contribution in [1.82, 2.24) is 4.98 Å². The van der Waals surface area contributed by atoms with Gasteiger partial charge in [-0.15, -0.1) is 0 Å². The van der Waals surface area contributed by atoms with E-state index in [4.69, 9.17) is 5.73 Å². The standard InChI is InChI=1S/C17H23N3/c1-4-14-5-7-15(8-6-14)9-10-20(3)17-11-13(2)16(18)12-19-17/h5-8,11-12H,4,9-10,18H2,1-3H3. The van der Waals surface area contributed by atoms with Crippen LogP contribution < -0.4 is 10.6 Å². The molecule has 20 heavy (non-hydrogen) atoms. The number of hydrogen-bond acceptors (Lipinski definition) is 3. The Morgan fingerprint density at radius 2 is 1.80 bits per heavy atom. The van der Waals surface area contributed by atoms with Gasteiger partial charge in [0.1, 0.15) is 5.82 Å². The molecule has 0 bridgehead atoms. The number of pyridine rings is 1. The summed E-state index contributed by atoms with van der Waals surface area (Å²) in [6.45, 7) is 5.14. The molecule has 0 unspecified atom stereocenters. The monoisotopic (exact) mass is 269 g/mol. The number of hydrogen-bond donors (Lipinski definition) is 1. The van der Waals surface area contributed by atoms with E-state index < -0.39 is 0 Å². The quantitative estimate of drug-likeness (QED) is 0.906. The summed E-state index contributed by atoms with van der Waals surface area (Å²) in [5, 5.41) is 0. The predicted octanol–water partition coefficient (Wildman–Crippen LogP) is 3.21. The van der Waals surface area contributed by atoms with Gasteiger partial charge in [-0.1, -0.05) is 31.2 Å². The van der Waals surface area contributed by atoms with Crippen molar-refractivity contribution in [3.8, 4) is 0 Å². The summed E-state index contributed by atoms with van der Waals surface area (Å²) in [5.41, 5.74) is 10.4. The number of anilines is 2. The lowest BCUT2D eigenvalue weighted by molar-refractivity contribution is 0.858. The molecule has 0 fully saturated rings. The van der Waals surface area contributed by atoms with Gasteiger partial charge < -0.3 is 10.6 Å². The lowest BCUT2D eigenvalue weighted by Crippen LogP contribution is -2.21. The van der Waals surface area contributed by atoms with Crippen LogP contribution in [0.4, 0.5) is 11.5 Å².